The van der Waals surface area contributed by atoms with Crippen molar-refractivity contribution in [2.24, 2.45) is 0 Å². The van der Waals surface area contributed by atoms with Crippen LogP contribution in [0.25, 0.3) is 32.9 Å². The molecule has 0 spiro atoms. The average molecular weight is 623 g/mol. The normalized spacial score (nSPS) is 10.9. The van der Waals surface area contributed by atoms with Crippen molar-refractivity contribution < 1.29 is 19.1 Å². The number of benzene rings is 5. The van der Waals surface area contributed by atoms with Crippen molar-refractivity contribution in [3.8, 4) is 22.8 Å². The molecule has 6 aromatic rings. The van der Waals surface area contributed by atoms with E-state index < -0.39 is 0 Å². The predicted molar refractivity (Wildman–Crippen MR) is 176 cm³/mol. The SMILES string of the molecule is O=C(COc1ccc(Cl)cc1)Nc1ccc2c(c1)nc(-c1ccccc1)c1cc(NC(=O)COc3ccc(Cl)cc3)ccc12. The Morgan fingerprint density at radius 3 is 1.68 bits per heavy atom. The Kier molecular flexibility index (Phi) is 8.59. The van der Waals surface area contributed by atoms with Crippen molar-refractivity contribution in [3.05, 3.63) is 125 Å². The lowest BCUT2D eigenvalue weighted by Gasteiger charge is -2.14. The van der Waals surface area contributed by atoms with E-state index in [1.54, 1.807) is 48.5 Å². The van der Waals surface area contributed by atoms with E-state index in [9.17, 15) is 9.59 Å². The van der Waals surface area contributed by atoms with Crippen LogP contribution in [0.2, 0.25) is 10.0 Å². The second-order valence-corrected chi connectivity index (χ2v) is 10.8. The Labute approximate surface area is 263 Å². The van der Waals surface area contributed by atoms with E-state index >= 15 is 0 Å². The van der Waals surface area contributed by atoms with Crippen LogP contribution in [-0.2, 0) is 9.59 Å². The van der Waals surface area contributed by atoms with Gasteiger partial charge in [-0.1, -0.05) is 65.7 Å². The van der Waals surface area contributed by atoms with Gasteiger partial charge in [-0.05, 0) is 78.2 Å². The van der Waals surface area contributed by atoms with Crippen molar-refractivity contribution in [2.75, 3.05) is 23.8 Å². The number of pyridine rings is 1. The van der Waals surface area contributed by atoms with Gasteiger partial charge in [0.15, 0.2) is 13.2 Å². The van der Waals surface area contributed by atoms with Crippen molar-refractivity contribution in [1.29, 1.82) is 0 Å². The highest BCUT2D eigenvalue weighted by molar-refractivity contribution is 6.30. The summed E-state index contributed by atoms with van der Waals surface area (Å²) in [5, 5.41) is 9.71. The smallest absolute Gasteiger partial charge is 0.262 e. The molecule has 1 heterocycles. The Bertz CT molecular complexity index is 1970. The summed E-state index contributed by atoms with van der Waals surface area (Å²) in [6.07, 6.45) is 0. The van der Waals surface area contributed by atoms with Crippen molar-refractivity contribution >= 4 is 68.1 Å². The summed E-state index contributed by atoms with van der Waals surface area (Å²) >= 11 is 11.8. The molecule has 6 rings (SSSR count). The van der Waals surface area contributed by atoms with E-state index in [1.807, 2.05) is 66.7 Å². The highest BCUT2D eigenvalue weighted by Crippen LogP contribution is 2.35. The first-order chi connectivity index (χ1) is 21.4. The minimum Gasteiger partial charge on any atom is -0.484 e. The standard InChI is InChI=1S/C35H25Cl2N3O4/c36-23-6-12-27(13-7-23)43-20-33(41)38-25-10-16-29-30-17-11-26(39-34(42)21-44-28-14-8-24(37)9-15-28)19-32(30)40-35(31(29)18-25)22-4-2-1-3-5-22/h1-19H,20-21H2,(H,38,41)(H,39,42). The third-order valence-corrected chi connectivity index (χ3v) is 7.28. The number of carbonyl (C=O) groups excluding carboxylic acids is 2. The molecule has 0 bridgehead atoms. The van der Waals surface area contributed by atoms with Crippen LogP contribution < -0.4 is 20.1 Å². The molecule has 5 aromatic carbocycles. The summed E-state index contributed by atoms with van der Waals surface area (Å²) in [6.45, 7) is -0.306. The lowest BCUT2D eigenvalue weighted by atomic mass is 9.99. The fraction of sp³-hybridized carbons (Fsp3) is 0.0571. The molecular formula is C35H25Cl2N3O4. The highest BCUT2D eigenvalue weighted by Gasteiger charge is 2.14. The Balaban J connectivity index is 1.25. The van der Waals surface area contributed by atoms with Gasteiger partial charge in [0.25, 0.3) is 11.8 Å². The minimum absolute atomic E-state index is 0.152. The first-order valence-corrected chi connectivity index (χ1v) is 14.5. The number of halogens is 2. The summed E-state index contributed by atoms with van der Waals surface area (Å²) in [7, 11) is 0. The van der Waals surface area contributed by atoms with E-state index in [0.717, 1.165) is 27.4 Å². The van der Waals surface area contributed by atoms with Gasteiger partial charge in [0.1, 0.15) is 11.5 Å². The predicted octanol–water partition coefficient (Wildman–Crippen LogP) is 8.40. The number of anilines is 2. The summed E-state index contributed by atoms with van der Waals surface area (Å²) < 4.78 is 11.2. The van der Waals surface area contributed by atoms with Gasteiger partial charge in [-0.3, -0.25) is 9.59 Å². The van der Waals surface area contributed by atoms with Crippen LogP contribution >= 0.6 is 23.2 Å². The molecule has 0 aliphatic rings. The molecule has 2 N–H and O–H groups in total. The topological polar surface area (TPSA) is 89.5 Å². The molecule has 1 aromatic heterocycles. The number of hydrogen-bond donors (Lipinski definition) is 2. The lowest BCUT2D eigenvalue weighted by molar-refractivity contribution is -0.118. The molecule has 0 radical (unpaired) electrons. The van der Waals surface area contributed by atoms with E-state index in [0.29, 0.717) is 38.4 Å². The van der Waals surface area contributed by atoms with Crippen LogP contribution in [0, 0.1) is 0 Å². The van der Waals surface area contributed by atoms with Gasteiger partial charge < -0.3 is 20.1 Å². The van der Waals surface area contributed by atoms with Gasteiger partial charge in [0, 0.05) is 37.8 Å². The summed E-state index contributed by atoms with van der Waals surface area (Å²) in [6, 6.07) is 34.8. The van der Waals surface area contributed by atoms with Gasteiger partial charge >= 0.3 is 0 Å². The van der Waals surface area contributed by atoms with E-state index in [-0.39, 0.29) is 25.0 Å². The zero-order valence-corrected chi connectivity index (χ0v) is 24.7. The average Bonchev–Trinajstić information content (AvgIpc) is 3.04. The first kappa shape index (κ1) is 29.0. The maximum Gasteiger partial charge on any atom is 0.262 e. The van der Waals surface area contributed by atoms with Gasteiger partial charge in [0.2, 0.25) is 0 Å². The van der Waals surface area contributed by atoms with Gasteiger partial charge in [-0.2, -0.15) is 0 Å². The molecule has 0 aliphatic heterocycles. The van der Waals surface area contributed by atoms with Gasteiger partial charge in [-0.25, -0.2) is 4.98 Å². The van der Waals surface area contributed by atoms with Crippen LogP contribution in [-0.4, -0.2) is 30.0 Å². The monoisotopic (exact) mass is 621 g/mol. The molecule has 218 valence electrons. The van der Waals surface area contributed by atoms with Crippen LogP contribution in [0.5, 0.6) is 11.5 Å². The van der Waals surface area contributed by atoms with Crippen molar-refractivity contribution in [1.82, 2.24) is 4.98 Å². The number of hydrogen-bond acceptors (Lipinski definition) is 5. The fourth-order valence-electron chi connectivity index (χ4n) is 4.73. The zero-order valence-electron chi connectivity index (χ0n) is 23.2. The quantitative estimate of drug-likeness (QED) is 0.158. The van der Waals surface area contributed by atoms with Crippen LogP contribution in [0.4, 0.5) is 11.4 Å². The summed E-state index contributed by atoms with van der Waals surface area (Å²) in [5.41, 5.74) is 3.58. The van der Waals surface area contributed by atoms with E-state index in [1.165, 1.54) is 0 Å². The second-order valence-electron chi connectivity index (χ2n) is 9.90. The number of nitrogens with zero attached hydrogens (tertiary/aromatic N) is 1. The maximum atomic E-state index is 12.7. The largest absolute Gasteiger partial charge is 0.484 e. The number of amides is 2. The number of carbonyl (C=O) groups is 2. The molecule has 0 unspecified atom stereocenters. The summed E-state index contributed by atoms with van der Waals surface area (Å²) in [5.74, 6) is 0.501. The number of rotatable bonds is 9. The van der Waals surface area contributed by atoms with Crippen molar-refractivity contribution in [2.45, 2.75) is 0 Å². The molecule has 44 heavy (non-hydrogen) atoms. The maximum absolute atomic E-state index is 12.7. The highest BCUT2D eigenvalue weighted by atomic mass is 35.5. The molecule has 0 fully saturated rings. The number of nitrogens with one attached hydrogen (secondary N) is 2. The van der Waals surface area contributed by atoms with Gasteiger partial charge in [0.05, 0.1) is 11.2 Å². The first-order valence-electron chi connectivity index (χ1n) is 13.7. The third-order valence-electron chi connectivity index (χ3n) is 6.78. The Morgan fingerprint density at radius 2 is 1.11 bits per heavy atom. The van der Waals surface area contributed by atoms with Crippen LogP contribution in [0.3, 0.4) is 0 Å². The summed E-state index contributed by atoms with van der Waals surface area (Å²) in [4.78, 5) is 30.3. The molecule has 0 aliphatic carbocycles. The van der Waals surface area contributed by atoms with Crippen LogP contribution in [0.15, 0.2) is 115 Å². The molecule has 9 heteroatoms. The zero-order chi connectivity index (χ0) is 30.5. The van der Waals surface area contributed by atoms with E-state index in [4.69, 9.17) is 37.7 Å². The lowest BCUT2D eigenvalue weighted by Crippen LogP contribution is -2.20. The number of ether oxygens (including phenoxy) is 2. The fourth-order valence-corrected chi connectivity index (χ4v) is 4.98. The molecule has 0 atom stereocenters. The minimum atomic E-state index is -0.302. The molecule has 0 saturated carbocycles. The van der Waals surface area contributed by atoms with Crippen LogP contribution in [0.1, 0.15) is 0 Å². The number of fused-ring (bicyclic) bond motifs is 3. The molecular weight excluding hydrogens is 597 g/mol. The van der Waals surface area contributed by atoms with E-state index in [2.05, 4.69) is 10.6 Å². The molecule has 7 nitrogen and oxygen atoms in total. The molecule has 0 saturated heterocycles. The molecule has 2 amide bonds. The second kappa shape index (κ2) is 13.0. The van der Waals surface area contributed by atoms with Gasteiger partial charge in [-0.15, -0.1) is 0 Å². The Morgan fingerprint density at radius 1 is 0.591 bits per heavy atom. The van der Waals surface area contributed by atoms with Crippen molar-refractivity contribution in [3.63, 3.8) is 0 Å². The third kappa shape index (κ3) is 6.92. The number of aromatic nitrogens is 1. The Hall–Kier alpha value is -5.11.